The number of rotatable bonds is 2. The van der Waals surface area contributed by atoms with Crippen LogP contribution in [0.5, 0.6) is 0 Å². The van der Waals surface area contributed by atoms with Crippen LogP contribution >= 0.6 is 11.3 Å². The lowest BCUT2D eigenvalue weighted by molar-refractivity contribution is 0.106. The van der Waals surface area contributed by atoms with Crippen molar-refractivity contribution in [3.8, 4) is 11.1 Å². The Morgan fingerprint density at radius 2 is 2.21 bits per heavy atom. The van der Waals surface area contributed by atoms with Gasteiger partial charge < -0.3 is 10.5 Å². The summed E-state index contributed by atoms with van der Waals surface area (Å²) in [6.45, 7) is 3.06. The fourth-order valence-corrected chi connectivity index (χ4v) is 3.01. The molecule has 3 nitrogen and oxygen atoms in total. The van der Waals surface area contributed by atoms with E-state index in [2.05, 4.69) is 53.0 Å². The molecule has 1 unspecified atom stereocenters. The third-order valence-corrected chi connectivity index (χ3v) is 4.05. The van der Waals surface area contributed by atoms with Crippen LogP contribution in [0.2, 0.25) is 0 Å². The highest BCUT2D eigenvalue weighted by atomic mass is 32.1. The molecule has 1 aliphatic heterocycles. The Balaban J connectivity index is 2.02. The molecule has 0 fully saturated rings. The number of ether oxygens (including phenoxy) is 1. The van der Waals surface area contributed by atoms with E-state index in [-0.39, 0.29) is 5.54 Å². The molecule has 1 aromatic carbocycles. The molecule has 0 saturated carbocycles. The van der Waals surface area contributed by atoms with Crippen molar-refractivity contribution in [2.24, 2.45) is 10.7 Å². The fraction of sp³-hybridized carbons (Fsp3) is 0.267. The zero-order chi connectivity index (χ0) is 13.3. The minimum Gasteiger partial charge on any atom is -0.386 e. The van der Waals surface area contributed by atoms with Crippen LogP contribution in [0.4, 0.5) is 0 Å². The monoisotopic (exact) mass is 272 g/mol. The molecule has 0 radical (unpaired) electrons. The van der Waals surface area contributed by atoms with Crippen LogP contribution in [0, 0.1) is 0 Å². The van der Waals surface area contributed by atoms with Gasteiger partial charge in [-0.1, -0.05) is 18.2 Å². The molecule has 19 heavy (non-hydrogen) atoms. The van der Waals surface area contributed by atoms with Crippen molar-refractivity contribution in [2.75, 3.05) is 13.2 Å². The Hall–Kier alpha value is -1.65. The topological polar surface area (TPSA) is 47.6 Å². The SMILES string of the molecule is CC1(c2cccc(-c3ccsc3)c2)COCC(N)=N1. The van der Waals surface area contributed by atoms with Gasteiger partial charge in [-0.3, -0.25) is 4.99 Å². The van der Waals surface area contributed by atoms with Gasteiger partial charge >= 0.3 is 0 Å². The first-order chi connectivity index (χ1) is 9.17. The van der Waals surface area contributed by atoms with E-state index in [1.54, 1.807) is 11.3 Å². The first-order valence-electron chi connectivity index (χ1n) is 6.22. The highest BCUT2D eigenvalue weighted by molar-refractivity contribution is 7.08. The quantitative estimate of drug-likeness (QED) is 0.913. The summed E-state index contributed by atoms with van der Waals surface area (Å²) in [5.41, 5.74) is 9.01. The van der Waals surface area contributed by atoms with Crippen molar-refractivity contribution in [2.45, 2.75) is 12.5 Å². The van der Waals surface area contributed by atoms with E-state index in [4.69, 9.17) is 10.5 Å². The van der Waals surface area contributed by atoms with Crippen LogP contribution in [0.15, 0.2) is 46.1 Å². The molecule has 1 aliphatic rings. The van der Waals surface area contributed by atoms with Gasteiger partial charge in [-0.05, 0) is 46.5 Å². The Bertz CT molecular complexity index is 606. The third-order valence-electron chi connectivity index (χ3n) is 3.36. The molecular formula is C15H16N2OS. The van der Waals surface area contributed by atoms with E-state index in [0.29, 0.717) is 19.0 Å². The van der Waals surface area contributed by atoms with Crippen LogP contribution in [0.3, 0.4) is 0 Å². The number of hydrogen-bond acceptors (Lipinski definition) is 4. The Labute approximate surface area is 116 Å². The predicted molar refractivity (Wildman–Crippen MR) is 79.5 cm³/mol. The first kappa shape index (κ1) is 12.4. The molecule has 0 spiro atoms. The molecule has 0 saturated heterocycles. The van der Waals surface area contributed by atoms with Crippen molar-refractivity contribution >= 4 is 17.2 Å². The van der Waals surface area contributed by atoms with Gasteiger partial charge in [0.15, 0.2) is 0 Å². The summed E-state index contributed by atoms with van der Waals surface area (Å²) in [5, 5.41) is 4.24. The standard InChI is InChI=1S/C15H16N2OS/c1-15(10-18-8-14(16)17-15)13-4-2-3-11(7-13)12-5-6-19-9-12/h2-7,9H,8,10H2,1H3,(H2,16,17). The van der Waals surface area contributed by atoms with Crippen molar-refractivity contribution in [3.05, 3.63) is 46.7 Å². The van der Waals surface area contributed by atoms with Gasteiger partial charge in [0.05, 0.1) is 6.61 Å². The number of nitrogens with two attached hydrogens (primary N) is 1. The van der Waals surface area contributed by atoms with Crippen molar-refractivity contribution in [1.82, 2.24) is 0 Å². The number of amidine groups is 1. The Kier molecular flexibility index (Phi) is 3.12. The van der Waals surface area contributed by atoms with Gasteiger partial charge in [-0.15, -0.1) is 0 Å². The van der Waals surface area contributed by atoms with Crippen molar-refractivity contribution in [3.63, 3.8) is 0 Å². The number of aliphatic imine (C=N–C) groups is 1. The summed E-state index contributed by atoms with van der Waals surface area (Å²) < 4.78 is 5.53. The minimum atomic E-state index is -0.381. The van der Waals surface area contributed by atoms with E-state index >= 15 is 0 Å². The summed E-state index contributed by atoms with van der Waals surface area (Å²) in [5.74, 6) is 0.565. The highest BCUT2D eigenvalue weighted by Gasteiger charge is 2.30. The van der Waals surface area contributed by atoms with Crippen LogP contribution in [0.25, 0.3) is 11.1 Å². The third kappa shape index (κ3) is 2.41. The molecule has 98 valence electrons. The molecule has 0 amide bonds. The van der Waals surface area contributed by atoms with Crippen molar-refractivity contribution < 1.29 is 4.74 Å². The Morgan fingerprint density at radius 3 is 2.95 bits per heavy atom. The van der Waals surface area contributed by atoms with E-state index in [1.165, 1.54) is 11.1 Å². The van der Waals surface area contributed by atoms with Gasteiger partial charge in [-0.25, -0.2) is 0 Å². The number of nitrogens with zero attached hydrogens (tertiary/aromatic N) is 1. The second kappa shape index (κ2) is 4.79. The van der Waals surface area contributed by atoms with Crippen LogP contribution in [-0.4, -0.2) is 19.0 Å². The maximum Gasteiger partial charge on any atom is 0.121 e. The lowest BCUT2D eigenvalue weighted by Gasteiger charge is -2.30. The van der Waals surface area contributed by atoms with Gasteiger partial charge in [0.1, 0.15) is 18.0 Å². The summed E-state index contributed by atoms with van der Waals surface area (Å²) in [4.78, 5) is 4.58. The lowest BCUT2D eigenvalue weighted by atomic mass is 9.90. The minimum absolute atomic E-state index is 0.381. The maximum atomic E-state index is 5.81. The highest BCUT2D eigenvalue weighted by Crippen LogP contribution is 2.31. The second-order valence-corrected chi connectivity index (χ2v) is 5.74. The number of thiophene rings is 1. The molecule has 3 rings (SSSR count). The van der Waals surface area contributed by atoms with Gasteiger partial charge in [0, 0.05) is 0 Å². The van der Waals surface area contributed by atoms with Crippen LogP contribution in [0.1, 0.15) is 12.5 Å². The van der Waals surface area contributed by atoms with E-state index in [9.17, 15) is 0 Å². The maximum absolute atomic E-state index is 5.81. The molecule has 2 aromatic rings. The van der Waals surface area contributed by atoms with E-state index < -0.39 is 0 Å². The molecule has 0 aliphatic carbocycles. The largest absolute Gasteiger partial charge is 0.386 e. The predicted octanol–water partition coefficient (Wildman–Crippen LogP) is 3.02. The number of hydrogen-bond donors (Lipinski definition) is 1. The number of benzene rings is 1. The van der Waals surface area contributed by atoms with E-state index in [1.807, 2.05) is 0 Å². The Morgan fingerprint density at radius 1 is 1.32 bits per heavy atom. The summed E-state index contributed by atoms with van der Waals surface area (Å²) in [6.07, 6.45) is 0. The molecule has 1 aromatic heterocycles. The summed E-state index contributed by atoms with van der Waals surface area (Å²) in [7, 11) is 0. The molecule has 2 N–H and O–H groups in total. The zero-order valence-electron chi connectivity index (χ0n) is 10.8. The van der Waals surface area contributed by atoms with Gasteiger partial charge in [0.25, 0.3) is 0 Å². The van der Waals surface area contributed by atoms with Crippen LogP contribution < -0.4 is 5.73 Å². The molecule has 0 bridgehead atoms. The molecular weight excluding hydrogens is 256 g/mol. The fourth-order valence-electron chi connectivity index (χ4n) is 2.35. The smallest absolute Gasteiger partial charge is 0.121 e. The normalized spacial score (nSPS) is 23.1. The zero-order valence-corrected chi connectivity index (χ0v) is 11.6. The average molecular weight is 272 g/mol. The van der Waals surface area contributed by atoms with Gasteiger partial charge in [-0.2, -0.15) is 11.3 Å². The second-order valence-electron chi connectivity index (χ2n) is 4.96. The summed E-state index contributed by atoms with van der Waals surface area (Å²) >= 11 is 1.70. The van der Waals surface area contributed by atoms with E-state index in [0.717, 1.165) is 5.56 Å². The summed E-state index contributed by atoms with van der Waals surface area (Å²) in [6, 6.07) is 10.6. The van der Waals surface area contributed by atoms with Crippen LogP contribution in [-0.2, 0) is 10.3 Å². The average Bonchev–Trinajstić information content (AvgIpc) is 2.92. The van der Waals surface area contributed by atoms with Gasteiger partial charge in [0.2, 0.25) is 0 Å². The molecule has 2 heterocycles. The van der Waals surface area contributed by atoms with Crippen molar-refractivity contribution in [1.29, 1.82) is 0 Å². The molecule has 4 heteroatoms. The first-order valence-corrected chi connectivity index (χ1v) is 7.17. The lowest BCUT2D eigenvalue weighted by Crippen LogP contribution is -2.37. The molecule has 1 atom stereocenters.